The van der Waals surface area contributed by atoms with Gasteiger partial charge in [-0.25, -0.2) is 4.79 Å². The molecule has 0 atom stereocenters. The number of anilines is 2. The standard InChI is InChI=1S/C13H20N2O4/c1-13(2,3)19-12(17)15-10-8-9(14)4-5-11(10)18-7-6-16/h4-5,8,16H,6-7,14H2,1-3H3,(H,15,17). The fourth-order valence-corrected chi connectivity index (χ4v) is 1.34. The summed E-state index contributed by atoms with van der Waals surface area (Å²) in [5, 5.41) is 11.3. The molecule has 0 heterocycles. The number of carbonyl (C=O) groups excluding carboxylic acids is 1. The molecule has 0 aromatic heterocycles. The van der Waals surface area contributed by atoms with E-state index in [4.69, 9.17) is 20.3 Å². The molecule has 1 rings (SSSR count). The summed E-state index contributed by atoms with van der Waals surface area (Å²) in [6.07, 6.45) is -0.591. The van der Waals surface area contributed by atoms with Crippen molar-refractivity contribution in [1.29, 1.82) is 0 Å². The lowest BCUT2D eigenvalue weighted by Gasteiger charge is -2.20. The van der Waals surface area contributed by atoms with Gasteiger partial charge in [-0.2, -0.15) is 0 Å². The Balaban J connectivity index is 2.80. The highest BCUT2D eigenvalue weighted by atomic mass is 16.6. The Morgan fingerprint density at radius 2 is 2.11 bits per heavy atom. The second-order valence-corrected chi connectivity index (χ2v) is 4.95. The molecule has 0 radical (unpaired) electrons. The number of aliphatic hydroxyl groups excluding tert-OH is 1. The van der Waals surface area contributed by atoms with Gasteiger partial charge in [0, 0.05) is 5.69 Å². The second-order valence-electron chi connectivity index (χ2n) is 4.95. The molecule has 0 saturated heterocycles. The zero-order valence-corrected chi connectivity index (χ0v) is 11.4. The predicted molar refractivity (Wildman–Crippen MR) is 73.3 cm³/mol. The van der Waals surface area contributed by atoms with Gasteiger partial charge in [0.25, 0.3) is 0 Å². The highest BCUT2D eigenvalue weighted by molar-refractivity contribution is 5.87. The Kier molecular flexibility index (Phi) is 5.00. The van der Waals surface area contributed by atoms with Crippen LogP contribution in [0.15, 0.2) is 18.2 Å². The van der Waals surface area contributed by atoms with Gasteiger partial charge in [-0.15, -0.1) is 0 Å². The van der Waals surface area contributed by atoms with Crippen molar-refractivity contribution in [2.75, 3.05) is 24.3 Å². The van der Waals surface area contributed by atoms with Gasteiger partial charge in [-0.05, 0) is 39.0 Å². The molecule has 0 bridgehead atoms. The van der Waals surface area contributed by atoms with E-state index < -0.39 is 11.7 Å². The summed E-state index contributed by atoms with van der Waals surface area (Å²) < 4.78 is 10.4. The summed E-state index contributed by atoms with van der Waals surface area (Å²) in [4.78, 5) is 11.7. The van der Waals surface area contributed by atoms with Crippen LogP contribution < -0.4 is 15.8 Å². The van der Waals surface area contributed by atoms with E-state index in [1.807, 2.05) is 0 Å². The molecule has 19 heavy (non-hydrogen) atoms. The topological polar surface area (TPSA) is 93.8 Å². The smallest absolute Gasteiger partial charge is 0.412 e. The van der Waals surface area contributed by atoms with E-state index in [0.717, 1.165) is 0 Å². The third-order valence-electron chi connectivity index (χ3n) is 1.99. The first kappa shape index (κ1) is 15.1. The number of benzene rings is 1. The monoisotopic (exact) mass is 268 g/mol. The molecule has 0 aliphatic rings. The predicted octanol–water partition coefficient (Wildman–Crippen LogP) is 1.99. The van der Waals surface area contributed by atoms with E-state index >= 15 is 0 Å². The van der Waals surface area contributed by atoms with Gasteiger partial charge >= 0.3 is 6.09 Å². The van der Waals surface area contributed by atoms with Crippen molar-refractivity contribution in [3.63, 3.8) is 0 Å². The number of rotatable bonds is 4. The number of nitrogens with one attached hydrogen (secondary N) is 1. The maximum absolute atomic E-state index is 11.7. The number of amides is 1. The molecule has 1 aromatic carbocycles. The summed E-state index contributed by atoms with van der Waals surface area (Å²) in [7, 11) is 0. The normalized spacial score (nSPS) is 10.9. The van der Waals surface area contributed by atoms with E-state index in [1.165, 1.54) is 0 Å². The van der Waals surface area contributed by atoms with Crippen LogP contribution in [0.4, 0.5) is 16.2 Å². The third kappa shape index (κ3) is 5.48. The Hall–Kier alpha value is -1.95. The van der Waals surface area contributed by atoms with Crippen molar-refractivity contribution in [2.45, 2.75) is 26.4 Å². The van der Waals surface area contributed by atoms with Crippen molar-refractivity contribution in [3.8, 4) is 5.75 Å². The minimum absolute atomic E-state index is 0.115. The molecule has 4 N–H and O–H groups in total. The number of carbonyl (C=O) groups is 1. The van der Waals surface area contributed by atoms with Crippen molar-refractivity contribution in [2.24, 2.45) is 0 Å². The number of ether oxygens (including phenoxy) is 2. The average molecular weight is 268 g/mol. The molecule has 6 nitrogen and oxygen atoms in total. The minimum Gasteiger partial charge on any atom is -0.489 e. The first-order valence-corrected chi connectivity index (χ1v) is 5.95. The molecule has 0 fully saturated rings. The van der Waals surface area contributed by atoms with Crippen molar-refractivity contribution < 1.29 is 19.4 Å². The van der Waals surface area contributed by atoms with Crippen LogP contribution >= 0.6 is 0 Å². The number of hydrogen-bond donors (Lipinski definition) is 3. The molecule has 6 heteroatoms. The molecule has 1 aromatic rings. The zero-order chi connectivity index (χ0) is 14.5. The van der Waals surface area contributed by atoms with Crippen molar-refractivity contribution in [3.05, 3.63) is 18.2 Å². The molecule has 0 aliphatic heterocycles. The van der Waals surface area contributed by atoms with Crippen LogP contribution in [0, 0.1) is 0 Å². The summed E-state index contributed by atoms with van der Waals surface area (Å²) in [6, 6.07) is 4.83. The van der Waals surface area contributed by atoms with Gasteiger partial charge in [-0.3, -0.25) is 5.32 Å². The third-order valence-corrected chi connectivity index (χ3v) is 1.99. The van der Waals surface area contributed by atoms with Gasteiger partial charge < -0.3 is 20.3 Å². The Morgan fingerprint density at radius 1 is 1.42 bits per heavy atom. The van der Waals surface area contributed by atoms with Crippen LogP contribution in [-0.2, 0) is 4.74 Å². The van der Waals surface area contributed by atoms with Gasteiger partial charge in [0.15, 0.2) is 0 Å². The van der Waals surface area contributed by atoms with Crippen LogP contribution in [0.2, 0.25) is 0 Å². The molecule has 1 amide bonds. The molecule has 0 aliphatic carbocycles. The van der Waals surface area contributed by atoms with E-state index in [0.29, 0.717) is 17.1 Å². The largest absolute Gasteiger partial charge is 0.489 e. The summed E-state index contributed by atoms with van der Waals surface area (Å²) in [5.41, 5.74) is 5.97. The number of hydrogen-bond acceptors (Lipinski definition) is 5. The Morgan fingerprint density at radius 3 is 2.68 bits per heavy atom. The molecule has 106 valence electrons. The van der Waals surface area contributed by atoms with Gasteiger partial charge in [0.1, 0.15) is 18.0 Å². The lowest BCUT2D eigenvalue weighted by Crippen LogP contribution is -2.27. The summed E-state index contributed by atoms with van der Waals surface area (Å²) >= 11 is 0. The SMILES string of the molecule is CC(C)(C)OC(=O)Nc1cc(N)ccc1OCCO. The van der Waals surface area contributed by atoms with Crippen LogP contribution in [0.25, 0.3) is 0 Å². The highest BCUT2D eigenvalue weighted by Gasteiger charge is 2.17. The van der Waals surface area contributed by atoms with E-state index in [9.17, 15) is 4.79 Å². The zero-order valence-electron chi connectivity index (χ0n) is 11.4. The summed E-state index contributed by atoms with van der Waals surface area (Å²) in [5.74, 6) is 0.425. The van der Waals surface area contributed by atoms with Gasteiger partial charge in [-0.1, -0.05) is 0 Å². The lowest BCUT2D eigenvalue weighted by atomic mass is 10.2. The van der Waals surface area contributed by atoms with E-state index in [2.05, 4.69) is 5.32 Å². The van der Waals surface area contributed by atoms with E-state index in [-0.39, 0.29) is 13.2 Å². The van der Waals surface area contributed by atoms with E-state index in [1.54, 1.807) is 39.0 Å². The van der Waals surface area contributed by atoms with Gasteiger partial charge in [0.05, 0.1) is 12.3 Å². The Bertz CT molecular complexity index is 441. The van der Waals surface area contributed by atoms with Crippen molar-refractivity contribution in [1.82, 2.24) is 0 Å². The molecular weight excluding hydrogens is 248 g/mol. The average Bonchev–Trinajstić information content (AvgIpc) is 2.25. The first-order valence-electron chi connectivity index (χ1n) is 5.95. The fraction of sp³-hybridized carbons (Fsp3) is 0.462. The first-order chi connectivity index (χ1) is 8.81. The quantitative estimate of drug-likeness (QED) is 0.726. The lowest BCUT2D eigenvalue weighted by molar-refractivity contribution is 0.0635. The maximum Gasteiger partial charge on any atom is 0.412 e. The van der Waals surface area contributed by atoms with Crippen LogP contribution in [0.3, 0.4) is 0 Å². The minimum atomic E-state index is -0.591. The molecule has 0 saturated carbocycles. The summed E-state index contributed by atoms with van der Waals surface area (Å²) in [6.45, 7) is 5.34. The highest BCUT2D eigenvalue weighted by Crippen LogP contribution is 2.27. The van der Waals surface area contributed by atoms with Crippen LogP contribution in [-0.4, -0.2) is 30.0 Å². The molecular formula is C13H20N2O4. The van der Waals surface area contributed by atoms with Crippen molar-refractivity contribution >= 4 is 17.5 Å². The molecule has 0 unspecified atom stereocenters. The maximum atomic E-state index is 11.7. The second kappa shape index (κ2) is 6.29. The van der Waals surface area contributed by atoms with Gasteiger partial charge in [0.2, 0.25) is 0 Å². The molecule has 0 spiro atoms. The number of nitrogen functional groups attached to an aromatic ring is 1. The number of aliphatic hydroxyl groups is 1. The number of nitrogens with two attached hydrogens (primary N) is 1. The fourth-order valence-electron chi connectivity index (χ4n) is 1.34. The van der Waals surface area contributed by atoms with Crippen LogP contribution in [0.5, 0.6) is 5.75 Å². The van der Waals surface area contributed by atoms with Crippen LogP contribution in [0.1, 0.15) is 20.8 Å². The Labute approximate surface area is 112 Å².